The van der Waals surface area contributed by atoms with E-state index in [2.05, 4.69) is 11.2 Å². The van der Waals surface area contributed by atoms with Gasteiger partial charge in [-0.25, -0.2) is 0 Å². The Morgan fingerprint density at radius 2 is 2.57 bits per heavy atom. The molecule has 2 heterocycles. The molecule has 0 saturated carbocycles. The maximum Gasteiger partial charge on any atom is 0.232 e. The van der Waals surface area contributed by atoms with Gasteiger partial charge in [-0.05, 0) is 18.6 Å². The molecule has 1 aliphatic heterocycles. The molecule has 14 heavy (non-hydrogen) atoms. The van der Waals surface area contributed by atoms with Crippen molar-refractivity contribution in [1.29, 1.82) is 0 Å². The van der Waals surface area contributed by atoms with Gasteiger partial charge in [-0.1, -0.05) is 0 Å². The Morgan fingerprint density at radius 1 is 1.71 bits per heavy atom. The first-order valence-electron chi connectivity index (χ1n) is 4.58. The van der Waals surface area contributed by atoms with E-state index in [1.807, 2.05) is 0 Å². The number of amides is 1. The summed E-state index contributed by atoms with van der Waals surface area (Å²) in [5.74, 6) is -0.277. The number of aliphatic hydroxyl groups excluding tert-OH is 1. The van der Waals surface area contributed by atoms with Gasteiger partial charge >= 0.3 is 0 Å². The highest BCUT2D eigenvalue weighted by Gasteiger charge is 2.31. The van der Waals surface area contributed by atoms with E-state index in [1.165, 1.54) is 0 Å². The zero-order chi connectivity index (χ0) is 9.97. The molecule has 0 aliphatic carbocycles. The second-order valence-electron chi connectivity index (χ2n) is 3.29. The molecule has 1 unspecified atom stereocenters. The van der Waals surface area contributed by atoms with Gasteiger partial charge in [0.15, 0.2) is 0 Å². The van der Waals surface area contributed by atoms with Crippen molar-refractivity contribution < 1.29 is 9.90 Å². The molecule has 1 aromatic heterocycles. The van der Waals surface area contributed by atoms with Gasteiger partial charge in [-0.3, -0.25) is 9.78 Å². The first-order chi connectivity index (χ1) is 6.83. The normalized spacial score (nSPS) is 21.6. The number of carbonyl (C=O) groups is 1. The van der Waals surface area contributed by atoms with Crippen molar-refractivity contribution in [3.05, 3.63) is 24.5 Å². The molecule has 1 aromatic rings. The molecule has 1 atom stereocenters. The molecule has 0 aromatic carbocycles. The van der Waals surface area contributed by atoms with E-state index in [-0.39, 0.29) is 18.4 Å². The van der Waals surface area contributed by atoms with Crippen LogP contribution in [0.1, 0.15) is 6.42 Å². The summed E-state index contributed by atoms with van der Waals surface area (Å²) in [5, 5.41) is 8.93. The highest BCUT2D eigenvalue weighted by atomic mass is 16.3. The van der Waals surface area contributed by atoms with Gasteiger partial charge in [0, 0.05) is 12.7 Å². The molecule has 1 radical (unpaired) electrons. The molecule has 4 heteroatoms. The van der Waals surface area contributed by atoms with E-state index in [1.54, 1.807) is 23.2 Å². The van der Waals surface area contributed by atoms with E-state index < -0.39 is 0 Å². The molecule has 0 spiro atoms. The summed E-state index contributed by atoms with van der Waals surface area (Å²) >= 11 is 0. The standard InChI is InChI=1S/C10H11N2O2/c13-7-8-3-5-12(10(8)14)9-2-1-4-11-6-9/h1-2,4,8,13H,3,5,7H2. The quantitative estimate of drug-likeness (QED) is 0.728. The van der Waals surface area contributed by atoms with Gasteiger partial charge in [-0.15, -0.1) is 0 Å². The third kappa shape index (κ3) is 1.48. The third-order valence-electron chi connectivity index (χ3n) is 2.42. The maximum absolute atomic E-state index is 11.7. The van der Waals surface area contributed by atoms with Crippen LogP contribution in [0, 0.1) is 12.1 Å². The van der Waals surface area contributed by atoms with Crippen LogP contribution < -0.4 is 4.90 Å². The number of aromatic nitrogens is 1. The van der Waals surface area contributed by atoms with Crippen molar-refractivity contribution >= 4 is 11.6 Å². The van der Waals surface area contributed by atoms with Crippen LogP contribution >= 0.6 is 0 Å². The van der Waals surface area contributed by atoms with Crippen molar-refractivity contribution in [2.45, 2.75) is 6.42 Å². The Hall–Kier alpha value is -1.42. The molecule has 1 N–H and O–H groups in total. The number of aliphatic hydroxyl groups is 1. The van der Waals surface area contributed by atoms with Crippen LogP contribution in [0.4, 0.5) is 5.69 Å². The first kappa shape index (κ1) is 9.15. The largest absolute Gasteiger partial charge is 0.396 e. The van der Waals surface area contributed by atoms with Crippen molar-refractivity contribution in [3.63, 3.8) is 0 Å². The van der Waals surface area contributed by atoms with Crippen LogP contribution in [0.3, 0.4) is 0 Å². The monoisotopic (exact) mass is 191 g/mol. The Bertz CT molecular complexity index is 326. The fourth-order valence-corrected chi connectivity index (χ4v) is 1.62. The van der Waals surface area contributed by atoms with Gasteiger partial charge < -0.3 is 10.0 Å². The van der Waals surface area contributed by atoms with E-state index in [0.717, 1.165) is 0 Å². The first-order valence-corrected chi connectivity index (χ1v) is 4.58. The van der Waals surface area contributed by atoms with Crippen molar-refractivity contribution in [1.82, 2.24) is 4.98 Å². The smallest absolute Gasteiger partial charge is 0.232 e. The number of hydrogen-bond acceptors (Lipinski definition) is 3. The third-order valence-corrected chi connectivity index (χ3v) is 2.42. The number of pyridine rings is 1. The van der Waals surface area contributed by atoms with Crippen LogP contribution in [0.5, 0.6) is 0 Å². The van der Waals surface area contributed by atoms with Crippen LogP contribution in [0.15, 0.2) is 18.3 Å². The molecule has 1 amide bonds. The van der Waals surface area contributed by atoms with Gasteiger partial charge in [0.25, 0.3) is 0 Å². The fraction of sp³-hybridized carbons (Fsp3) is 0.400. The predicted octanol–water partition coefficient (Wildman–Crippen LogP) is 0.227. The van der Waals surface area contributed by atoms with Crippen molar-refractivity contribution in [2.75, 3.05) is 18.1 Å². The summed E-state index contributed by atoms with van der Waals surface area (Å²) in [5.41, 5.74) is 0.688. The van der Waals surface area contributed by atoms with E-state index in [0.29, 0.717) is 18.7 Å². The van der Waals surface area contributed by atoms with Crippen LogP contribution in [0.25, 0.3) is 0 Å². The minimum atomic E-state index is -0.247. The van der Waals surface area contributed by atoms with E-state index in [4.69, 9.17) is 5.11 Å². The molecule has 1 fully saturated rings. The predicted molar refractivity (Wildman–Crippen MR) is 50.6 cm³/mol. The minimum absolute atomic E-state index is 0.0308. The highest BCUT2D eigenvalue weighted by Crippen LogP contribution is 2.23. The Kier molecular flexibility index (Phi) is 2.45. The van der Waals surface area contributed by atoms with Gasteiger partial charge in [-0.2, -0.15) is 0 Å². The summed E-state index contributed by atoms with van der Waals surface area (Å²) in [6.45, 7) is 0.571. The lowest BCUT2D eigenvalue weighted by atomic mass is 10.1. The second kappa shape index (κ2) is 3.75. The summed E-state index contributed by atoms with van der Waals surface area (Å²) in [7, 11) is 0. The summed E-state index contributed by atoms with van der Waals surface area (Å²) in [4.78, 5) is 17.1. The fourth-order valence-electron chi connectivity index (χ4n) is 1.62. The number of nitrogens with zero attached hydrogens (tertiary/aromatic N) is 2. The second-order valence-corrected chi connectivity index (χ2v) is 3.29. The number of carbonyl (C=O) groups excluding carboxylic acids is 1. The number of anilines is 1. The van der Waals surface area contributed by atoms with E-state index >= 15 is 0 Å². The van der Waals surface area contributed by atoms with Gasteiger partial charge in [0.1, 0.15) is 6.20 Å². The Balaban J connectivity index is 2.18. The molecule has 73 valence electrons. The van der Waals surface area contributed by atoms with Crippen LogP contribution in [-0.4, -0.2) is 29.1 Å². The summed E-state index contributed by atoms with van der Waals surface area (Å²) in [6, 6.07) is 3.57. The van der Waals surface area contributed by atoms with E-state index in [9.17, 15) is 4.79 Å². The lowest BCUT2D eigenvalue weighted by Gasteiger charge is -2.14. The summed E-state index contributed by atoms with van der Waals surface area (Å²) < 4.78 is 0. The highest BCUT2D eigenvalue weighted by molar-refractivity contribution is 5.96. The molecule has 0 bridgehead atoms. The Labute approximate surface area is 82.2 Å². The lowest BCUT2D eigenvalue weighted by Crippen LogP contribution is -2.28. The zero-order valence-electron chi connectivity index (χ0n) is 7.68. The SMILES string of the molecule is O=C1C(CO)CCN1c1[c]nccc1. The average molecular weight is 191 g/mol. The number of rotatable bonds is 2. The van der Waals surface area contributed by atoms with Crippen LogP contribution in [-0.2, 0) is 4.79 Å². The number of hydrogen-bond donors (Lipinski definition) is 1. The average Bonchev–Trinajstić information content (AvgIpc) is 2.61. The zero-order valence-corrected chi connectivity index (χ0v) is 7.68. The van der Waals surface area contributed by atoms with Crippen LogP contribution in [0.2, 0.25) is 0 Å². The topological polar surface area (TPSA) is 53.4 Å². The molecule has 1 aliphatic rings. The molecular weight excluding hydrogens is 180 g/mol. The maximum atomic E-state index is 11.7. The van der Waals surface area contributed by atoms with Crippen molar-refractivity contribution in [2.24, 2.45) is 5.92 Å². The van der Waals surface area contributed by atoms with Crippen molar-refractivity contribution in [3.8, 4) is 0 Å². The van der Waals surface area contributed by atoms with Gasteiger partial charge in [0.2, 0.25) is 5.91 Å². The molecule has 4 nitrogen and oxygen atoms in total. The molecule has 2 rings (SSSR count). The minimum Gasteiger partial charge on any atom is -0.396 e. The van der Waals surface area contributed by atoms with Gasteiger partial charge in [0.05, 0.1) is 18.2 Å². The Morgan fingerprint density at radius 3 is 3.14 bits per heavy atom. The molecular formula is C10H11N2O2. The molecule has 1 saturated heterocycles. The summed E-state index contributed by atoms with van der Waals surface area (Å²) in [6.07, 6.45) is 5.08. The lowest BCUT2D eigenvalue weighted by molar-refractivity contribution is -0.121.